The first kappa shape index (κ1) is 22.3. The van der Waals surface area contributed by atoms with Crippen molar-refractivity contribution >= 4 is 29.0 Å². The number of hydrogen-bond donors (Lipinski definition) is 0. The van der Waals surface area contributed by atoms with E-state index in [1.54, 1.807) is 17.0 Å². The van der Waals surface area contributed by atoms with Crippen molar-refractivity contribution in [2.24, 2.45) is 0 Å². The first-order chi connectivity index (χ1) is 15.0. The van der Waals surface area contributed by atoms with Gasteiger partial charge in [-0.1, -0.05) is 55.8 Å². The number of likely N-dealkylation sites (tertiary alicyclic amines) is 1. The summed E-state index contributed by atoms with van der Waals surface area (Å²) in [6, 6.07) is 7.61. The number of hydrogen-bond acceptors (Lipinski definition) is 4. The Bertz CT molecular complexity index is 835. The van der Waals surface area contributed by atoms with E-state index < -0.39 is 0 Å². The third-order valence-electron chi connectivity index (χ3n) is 7.25. The molecule has 1 saturated carbocycles. The van der Waals surface area contributed by atoms with Gasteiger partial charge in [-0.2, -0.15) is 0 Å². The van der Waals surface area contributed by atoms with Gasteiger partial charge in [0, 0.05) is 24.2 Å². The van der Waals surface area contributed by atoms with Crippen molar-refractivity contribution in [3.63, 3.8) is 0 Å². The summed E-state index contributed by atoms with van der Waals surface area (Å²) < 4.78 is 0. The molecule has 0 spiro atoms. The van der Waals surface area contributed by atoms with Crippen LogP contribution < -0.4 is 0 Å². The molecule has 2 amide bonds. The summed E-state index contributed by atoms with van der Waals surface area (Å²) in [7, 11) is 4.13. The average molecular weight is 444 g/mol. The van der Waals surface area contributed by atoms with Crippen LogP contribution in [-0.4, -0.2) is 65.8 Å². The number of carbonyl (C=O) groups excluding carboxylic acids is 2. The van der Waals surface area contributed by atoms with E-state index >= 15 is 0 Å². The van der Waals surface area contributed by atoms with E-state index in [1.165, 1.54) is 19.3 Å². The van der Waals surface area contributed by atoms with Crippen LogP contribution in [0.2, 0.25) is 5.02 Å². The molecular formula is C25H34ClN3O2. The van der Waals surface area contributed by atoms with E-state index in [4.69, 9.17) is 11.6 Å². The molecule has 31 heavy (non-hydrogen) atoms. The van der Waals surface area contributed by atoms with Gasteiger partial charge in [-0.15, -0.1) is 0 Å². The monoisotopic (exact) mass is 443 g/mol. The second-order valence-electron chi connectivity index (χ2n) is 9.36. The molecule has 6 heteroatoms. The zero-order valence-corrected chi connectivity index (χ0v) is 19.5. The number of likely N-dealkylation sites (N-methyl/N-ethyl adjacent to an activating group) is 1. The largest absolute Gasteiger partial charge is 0.366 e. The molecule has 1 aromatic rings. The number of rotatable bonds is 4. The van der Waals surface area contributed by atoms with Crippen molar-refractivity contribution in [2.75, 3.05) is 27.2 Å². The number of nitrogens with zero attached hydrogens (tertiary/aromatic N) is 3. The highest BCUT2D eigenvalue weighted by Gasteiger charge is 2.45. The minimum atomic E-state index is -0.132. The quantitative estimate of drug-likeness (QED) is 0.640. The molecule has 0 atom stereocenters. The summed E-state index contributed by atoms with van der Waals surface area (Å²) in [4.78, 5) is 33.5. The molecule has 0 aromatic heterocycles. The average Bonchev–Trinajstić information content (AvgIpc) is 2.99. The standard InChI is InChI=1S/C25H34ClN3O2/c1-27-16-14-20(15-17-27)28(2)23-22(18-10-12-19(26)13-11-18)24(30)29(25(23)31)21-8-6-4-3-5-7-9-21/h10-13,20-21H,3-9,14-17H2,1-2H3. The van der Waals surface area contributed by atoms with Gasteiger partial charge >= 0.3 is 0 Å². The lowest BCUT2D eigenvalue weighted by Gasteiger charge is -2.37. The van der Waals surface area contributed by atoms with Crippen molar-refractivity contribution < 1.29 is 9.59 Å². The maximum absolute atomic E-state index is 13.8. The Kier molecular flexibility index (Phi) is 7.02. The molecule has 2 heterocycles. The maximum Gasteiger partial charge on any atom is 0.278 e. The fourth-order valence-electron chi connectivity index (χ4n) is 5.33. The fourth-order valence-corrected chi connectivity index (χ4v) is 5.45. The summed E-state index contributed by atoms with van der Waals surface area (Å²) in [6.07, 6.45) is 9.61. The van der Waals surface area contributed by atoms with Gasteiger partial charge in [0.15, 0.2) is 0 Å². The predicted molar refractivity (Wildman–Crippen MR) is 125 cm³/mol. The molecule has 3 aliphatic rings. The Hall–Kier alpha value is -1.85. The second kappa shape index (κ2) is 9.74. The molecule has 2 aliphatic heterocycles. The number of carbonyl (C=O) groups is 2. The van der Waals surface area contributed by atoms with Crippen molar-refractivity contribution in [1.82, 2.24) is 14.7 Å². The molecule has 1 saturated heterocycles. The van der Waals surface area contributed by atoms with Crippen LogP contribution in [0, 0.1) is 0 Å². The van der Waals surface area contributed by atoms with Crippen LogP contribution in [-0.2, 0) is 9.59 Å². The summed E-state index contributed by atoms with van der Waals surface area (Å²) in [5.74, 6) is -0.241. The second-order valence-corrected chi connectivity index (χ2v) is 9.79. The SMILES string of the molecule is CN1CCC(N(C)C2=C(c3ccc(Cl)cc3)C(=O)N(C3CCCCCCC3)C2=O)CC1. The number of halogens is 1. The minimum Gasteiger partial charge on any atom is -0.366 e. The zero-order chi connectivity index (χ0) is 22.0. The van der Waals surface area contributed by atoms with Crippen molar-refractivity contribution in [3.8, 4) is 0 Å². The van der Waals surface area contributed by atoms with Gasteiger partial charge in [-0.05, 0) is 63.5 Å². The van der Waals surface area contributed by atoms with E-state index in [2.05, 4.69) is 16.8 Å². The number of benzene rings is 1. The van der Waals surface area contributed by atoms with Crippen LogP contribution >= 0.6 is 11.6 Å². The van der Waals surface area contributed by atoms with Gasteiger partial charge in [0.25, 0.3) is 11.8 Å². The lowest BCUT2D eigenvalue weighted by molar-refractivity contribution is -0.140. The minimum absolute atomic E-state index is 0.00555. The Morgan fingerprint density at radius 1 is 0.871 bits per heavy atom. The Morgan fingerprint density at radius 2 is 1.45 bits per heavy atom. The normalized spacial score (nSPS) is 22.7. The van der Waals surface area contributed by atoms with E-state index in [1.807, 2.05) is 19.2 Å². The molecule has 5 nitrogen and oxygen atoms in total. The number of piperidine rings is 1. The molecule has 0 unspecified atom stereocenters. The Morgan fingerprint density at radius 3 is 2.06 bits per heavy atom. The molecule has 1 aromatic carbocycles. The van der Waals surface area contributed by atoms with Crippen LogP contribution in [0.25, 0.3) is 5.57 Å². The Balaban J connectivity index is 1.69. The van der Waals surface area contributed by atoms with Crippen LogP contribution in [0.1, 0.15) is 63.4 Å². The van der Waals surface area contributed by atoms with Gasteiger partial charge in [-0.25, -0.2) is 0 Å². The summed E-state index contributed by atoms with van der Waals surface area (Å²) >= 11 is 6.11. The van der Waals surface area contributed by atoms with Crippen LogP contribution in [0.5, 0.6) is 0 Å². The molecular weight excluding hydrogens is 410 g/mol. The molecule has 4 rings (SSSR count). The van der Waals surface area contributed by atoms with Gasteiger partial charge in [-0.3, -0.25) is 14.5 Å². The number of amides is 2. The first-order valence-electron chi connectivity index (χ1n) is 11.8. The summed E-state index contributed by atoms with van der Waals surface area (Å²) in [5, 5.41) is 0.628. The Labute approximate surface area is 191 Å². The maximum atomic E-state index is 13.8. The van der Waals surface area contributed by atoms with E-state index in [0.29, 0.717) is 16.3 Å². The van der Waals surface area contributed by atoms with Crippen LogP contribution in [0.15, 0.2) is 30.0 Å². The highest BCUT2D eigenvalue weighted by atomic mass is 35.5. The smallest absolute Gasteiger partial charge is 0.278 e. The third kappa shape index (κ3) is 4.68. The molecule has 0 N–H and O–H groups in total. The molecule has 0 radical (unpaired) electrons. The lowest BCUT2D eigenvalue weighted by Crippen LogP contribution is -2.45. The van der Waals surface area contributed by atoms with E-state index in [9.17, 15) is 9.59 Å². The van der Waals surface area contributed by atoms with Gasteiger partial charge in [0.05, 0.1) is 5.57 Å². The lowest BCUT2D eigenvalue weighted by atomic mass is 9.95. The van der Waals surface area contributed by atoms with Gasteiger partial charge < -0.3 is 9.80 Å². The van der Waals surface area contributed by atoms with Crippen LogP contribution in [0.4, 0.5) is 0 Å². The van der Waals surface area contributed by atoms with E-state index in [-0.39, 0.29) is 23.9 Å². The van der Waals surface area contributed by atoms with Crippen molar-refractivity contribution in [3.05, 3.63) is 40.5 Å². The molecule has 168 valence electrons. The van der Waals surface area contributed by atoms with Gasteiger partial charge in [0.1, 0.15) is 5.70 Å². The van der Waals surface area contributed by atoms with Gasteiger partial charge in [0.2, 0.25) is 0 Å². The number of imide groups is 1. The van der Waals surface area contributed by atoms with E-state index in [0.717, 1.165) is 57.2 Å². The highest BCUT2D eigenvalue weighted by Crippen LogP contribution is 2.37. The topological polar surface area (TPSA) is 43.9 Å². The van der Waals surface area contributed by atoms with Crippen LogP contribution in [0.3, 0.4) is 0 Å². The fraction of sp³-hybridized carbons (Fsp3) is 0.600. The predicted octanol–water partition coefficient (Wildman–Crippen LogP) is 4.56. The van der Waals surface area contributed by atoms with Crippen molar-refractivity contribution in [2.45, 2.75) is 69.9 Å². The third-order valence-corrected chi connectivity index (χ3v) is 7.50. The highest BCUT2D eigenvalue weighted by molar-refractivity contribution is 6.36. The zero-order valence-electron chi connectivity index (χ0n) is 18.8. The van der Waals surface area contributed by atoms with Crippen molar-refractivity contribution in [1.29, 1.82) is 0 Å². The first-order valence-corrected chi connectivity index (χ1v) is 12.1. The summed E-state index contributed by atoms with van der Waals surface area (Å²) in [6.45, 7) is 2.01. The molecule has 1 aliphatic carbocycles. The molecule has 0 bridgehead atoms. The summed E-state index contributed by atoms with van der Waals surface area (Å²) in [5.41, 5.74) is 1.90. The molecule has 2 fully saturated rings.